The summed E-state index contributed by atoms with van der Waals surface area (Å²) >= 11 is 0. The van der Waals surface area contributed by atoms with Crippen LogP contribution in [0.3, 0.4) is 0 Å². The van der Waals surface area contributed by atoms with Crippen LogP contribution >= 0.6 is 0 Å². The van der Waals surface area contributed by atoms with Crippen LogP contribution in [0.2, 0.25) is 0 Å². The molecule has 1 fully saturated rings. The number of ether oxygens (including phenoxy) is 1. The maximum atomic E-state index is 12.1. The zero-order valence-corrected chi connectivity index (χ0v) is 12.4. The van der Waals surface area contributed by atoms with Crippen LogP contribution in [0.25, 0.3) is 0 Å². The van der Waals surface area contributed by atoms with Gasteiger partial charge >= 0.3 is 0 Å². The van der Waals surface area contributed by atoms with Gasteiger partial charge in [-0.2, -0.15) is 0 Å². The van der Waals surface area contributed by atoms with Crippen molar-refractivity contribution < 1.29 is 14.3 Å². The van der Waals surface area contributed by atoms with E-state index in [1.165, 1.54) is 6.92 Å². The van der Waals surface area contributed by atoms with Gasteiger partial charge in [0.15, 0.2) is 0 Å². The summed E-state index contributed by atoms with van der Waals surface area (Å²) in [4.78, 5) is 24.7. The topological polar surface area (TPSA) is 58.6 Å². The van der Waals surface area contributed by atoms with Crippen LogP contribution in [0.5, 0.6) is 5.75 Å². The predicted octanol–water partition coefficient (Wildman–Crippen LogP) is 1.58. The average molecular weight is 290 g/mol. The van der Waals surface area contributed by atoms with Gasteiger partial charge in [0, 0.05) is 26.4 Å². The van der Waals surface area contributed by atoms with E-state index in [1.807, 2.05) is 35.2 Å². The number of amides is 2. The van der Waals surface area contributed by atoms with Crippen LogP contribution in [0.15, 0.2) is 30.3 Å². The minimum absolute atomic E-state index is 0.0471. The largest absolute Gasteiger partial charge is 0.489 e. The molecule has 1 N–H and O–H groups in total. The second-order valence-electron chi connectivity index (χ2n) is 5.27. The fraction of sp³-hybridized carbons (Fsp3) is 0.500. The molecular weight excluding hydrogens is 268 g/mol. The van der Waals surface area contributed by atoms with Crippen molar-refractivity contribution in [1.82, 2.24) is 10.2 Å². The summed E-state index contributed by atoms with van der Waals surface area (Å²) < 4.78 is 5.91. The van der Waals surface area contributed by atoms with Crippen molar-refractivity contribution in [2.75, 3.05) is 19.6 Å². The molecule has 1 saturated heterocycles. The van der Waals surface area contributed by atoms with Gasteiger partial charge in [0.1, 0.15) is 11.9 Å². The minimum Gasteiger partial charge on any atom is -0.489 e. The van der Waals surface area contributed by atoms with Crippen molar-refractivity contribution in [2.45, 2.75) is 32.3 Å². The Bertz CT molecular complexity index is 476. The number of hydrogen-bond acceptors (Lipinski definition) is 3. The van der Waals surface area contributed by atoms with Crippen LogP contribution in [-0.2, 0) is 9.59 Å². The Balaban J connectivity index is 1.80. The normalized spacial score (nSPS) is 18.1. The van der Waals surface area contributed by atoms with Gasteiger partial charge in [-0.05, 0) is 25.0 Å². The first-order chi connectivity index (χ1) is 10.1. The summed E-state index contributed by atoms with van der Waals surface area (Å²) in [7, 11) is 0. The van der Waals surface area contributed by atoms with Gasteiger partial charge in [-0.1, -0.05) is 18.2 Å². The SMILES string of the molecule is CC(=O)NCCC(=O)N1CCCC(Oc2ccccc2)C1. The molecule has 0 radical (unpaired) electrons. The number of likely N-dealkylation sites (tertiary alicyclic amines) is 1. The Kier molecular flexibility index (Phi) is 5.60. The number of para-hydroxylation sites is 1. The smallest absolute Gasteiger partial charge is 0.224 e. The lowest BCUT2D eigenvalue weighted by molar-refractivity contribution is -0.133. The average Bonchev–Trinajstić information content (AvgIpc) is 2.48. The summed E-state index contributed by atoms with van der Waals surface area (Å²) in [6.07, 6.45) is 2.30. The third-order valence-corrected chi connectivity index (χ3v) is 3.49. The highest BCUT2D eigenvalue weighted by molar-refractivity contribution is 5.78. The van der Waals surface area contributed by atoms with Crippen molar-refractivity contribution in [2.24, 2.45) is 0 Å². The molecule has 1 aliphatic rings. The quantitative estimate of drug-likeness (QED) is 0.895. The summed E-state index contributed by atoms with van der Waals surface area (Å²) in [6.45, 7) is 3.24. The zero-order valence-electron chi connectivity index (χ0n) is 12.4. The summed E-state index contributed by atoms with van der Waals surface area (Å²) in [5, 5.41) is 2.65. The van der Waals surface area contributed by atoms with Crippen LogP contribution in [0.1, 0.15) is 26.2 Å². The first kappa shape index (κ1) is 15.4. The monoisotopic (exact) mass is 290 g/mol. The van der Waals surface area contributed by atoms with Crippen molar-refractivity contribution in [1.29, 1.82) is 0 Å². The Morgan fingerprint density at radius 3 is 2.81 bits per heavy atom. The predicted molar refractivity (Wildman–Crippen MR) is 80.0 cm³/mol. The maximum absolute atomic E-state index is 12.1. The van der Waals surface area contributed by atoms with Gasteiger partial charge in [0.2, 0.25) is 11.8 Å². The van der Waals surface area contributed by atoms with Gasteiger partial charge in [0.05, 0.1) is 6.54 Å². The Morgan fingerprint density at radius 2 is 2.10 bits per heavy atom. The van der Waals surface area contributed by atoms with Gasteiger partial charge in [0.25, 0.3) is 0 Å². The number of nitrogens with one attached hydrogen (secondary N) is 1. The lowest BCUT2D eigenvalue weighted by Gasteiger charge is -2.33. The van der Waals surface area contributed by atoms with Crippen molar-refractivity contribution >= 4 is 11.8 Å². The second kappa shape index (κ2) is 7.67. The third-order valence-electron chi connectivity index (χ3n) is 3.49. The fourth-order valence-corrected chi connectivity index (χ4v) is 2.46. The van der Waals surface area contributed by atoms with Gasteiger partial charge in [-0.3, -0.25) is 9.59 Å². The lowest BCUT2D eigenvalue weighted by Crippen LogP contribution is -2.45. The molecule has 21 heavy (non-hydrogen) atoms. The molecule has 1 heterocycles. The van der Waals surface area contributed by atoms with Crippen molar-refractivity contribution in [3.8, 4) is 5.75 Å². The van der Waals surface area contributed by atoms with E-state index in [0.29, 0.717) is 19.5 Å². The standard InChI is InChI=1S/C16H22N2O3/c1-13(19)17-10-9-16(20)18-11-5-8-15(12-18)21-14-6-3-2-4-7-14/h2-4,6-7,15H,5,8-12H2,1H3,(H,17,19). The number of nitrogens with zero attached hydrogens (tertiary/aromatic N) is 1. The Hall–Kier alpha value is -2.04. The van der Waals surface area contributed by atoms with E-state index in [4.69, 9.17) is 4.74 Å². The summed E-state index contributed by atoms with van der Waals surface area (Å²) in [5.74, 6) is 0.812. The molecule has 1 aromatic rings. The van der Waals surface area contributed by atoms with Gasteiger partial charge in [-0.15, -0.1) is 0 Å². The molecule has 1 unspecified atom stereocenters. The molecule has 0 bridgehead atoms. The van der Waals surface area contributed by atoms with E-state index in [-0.39, 0.29) is 17.9 Å². The third kappa shape index (κ3) is 5.10. The van der Waals surface area contributed by atoms with E-state index in [2.05, 4.69) is 5.32 Å². The molecule has 5 heteroatoms. The van der Waals surface area contributed by atoms with Crippen LogP contribution < -0.4 is 10.1 Å². The van der Waals surface area contributed by atoms with Gasteiger partial charge < -0.3 is 15.0 Å². The molecule has 0 aromatic heterocycles. The molecule has 1 aromatic carbocycles. The van der Waals surface area contributed by atoms with E-state index >= 15 is 0 Å². The molecule has 5 nitrogen and oxygen atoms in total. The minimum atomic E-state index is -0.105. The molecule has 2 rings (SSSR count). The molecular formula is C16H22N2O3. The highest BCUT2D eigenvalue weighted by Gasteiger charge is 2.24. The van der Waals surface area contributed by atoms with Gasteiger partial charge in [-0.25, -0.2) is 0 Å². The highest BCUT2D eigenvalue weighted by atomic mass is 16.5. The number of benzene rings is 1. The number of piperidine rings is 1. The van der Waals surface area contributed by atoms with Crippen molar-refractivity contribution in [3.05, 3.63) is 30.3 Å². The molecule has 0 spiro atoms. The van der Waals surface area contributed by atoms with Crippen LogP contribution in [0, 0.1) is 0 Å². The first-order valence-electron chi connectivity index (χ1n) is 7.39. The summed E-state index contributed by atoms with van der Waals surface area (Å²) in [5.41, 5.74) is 0. The molecule has 0 aliphatic carbocycles. The first-order valence-corrected chi connectivity index (χ1v) is 7.39. The Labute approximate surface area is 125 Å². The highest BCUT2D eigenvalue weighted by Crippen LogP contribution is 2.18. The second-order valence-corrected chi connectivity index (χ2v) is 5.27. The van der Waals surface area contributed by atoms with Crippen molar-refractivity contribution in [3.63, 3.8) is 0 Å². The summed E-state index contributed by atoms with van der Waals surface area (Å²) in [6, 6.07) is 9.68. The number of carbonyl (C=O) groups is 2. The van der Waals surface area contributed by atoms with Crippen LogP contribution in [0.4, 0.5) is 0 Å². The lowest BCUT2D eigenvalue weighted by atomic mass is 10.1. The number of rotatable bonds is 5. The van der Waals surface area contributed by atoms with E-state index in [1.54, 1.807) is 0 Å². The molecule has 2 amide bonds. The fourth-order valence-electron chi connectivity index (χ4n) is 2.46. The maximum Gasteiger partial charge on any atom is 0.224 e. The molecule has 0 saturated carbocycles. The molecule has 1 atom stereocenters. The zero-order chi connectivity index (χ0) is 15.1. The molecule has 1 aliphatic heterocycles. The van der Waals surface area contributed by atoms with E-state index < -0.39 is 0 Å². The molecule has 114 valence electrons. The van der Waals surface area contributed by atoms with E-state index in [0.717, 1.165) is 25.1 Å². The van der Waals surface area contributed by atoms with E-state index in [9.17, 15) is 9.59 Å². The number of hydrogen-bond donors (Lipinski definition) is 1. The van der Waals surface area contributed by atoms with Crippen LogP contribution in [-0.4, -0.2) is 42.5 Å². The Morgan fingerprint density at radius 1 is 1.33 bits per heavy atom. The number of carbonyl (C=O) groups excluding carboxylic acids is 2.